The Morgan fingerprint density at radius 3 is 2.60 bits per heavy atom. The molecule has 6 nitrogen and oxygen atoms in total. The molecule has 1 saturated carbocycles. The van der Waals surface area contributed by atoms with Gasteiger partial charge in [-0.15, -0.1) is 0 Å². The monoisotopic (exact) mass is 286 g/mol. The van der Waals surface area contributed by atoms with E-state index in [1.54, 1.807) is 6.92 Å². The van der Waals surface area contributed by atoms with Crippen molar-refractivity contribution >= 4 is 5.97 Å². The van der Waals surface area contributed by atoms with Gasteiger partial charge in [0.1, 0.15) is 18.3 Å². The lowest BCUT2D eigenvalue weighted by atomic mass is 9.99. The lowest BCUT2D eigenvalue weighted by Gasteiger charge is -2.45. The molecule has 114 valence electrons. The van der Waals surface area contributed by atoms with Crippen LogP contribution in [0.5, 0.6) is 0 Å². The molecule has 4 atom stereocenters. The third-order valence-corrected chi connectivity index (χ3v) is 3.84. The summed E-state index contributed by atoms with van der Waals surface area (Å²) in [5, 5.41) is 20.0. The fourth-order valence-corrected chi connectivity index (χ4v) is 2.78. The van der Waals surface area contributed by atoms with Gasteiger partial charge in [-0.3, -0.25) is 0 Å². The summed E-state index contributed by atoms with van der Waals surface area (Å²) < 4.78 is 16.2. The van der Waals surface area contributed by atoms with Gasteiger partial charge in [0.25, 0.3) is 0 Å². The van der Waals surface area contributed by atoms with Crippen molar-refractivity contribution in [3.8, 4) is 0 Å². The van der Waals surface area contributed by atoms with Gasteiger partial charge in [0.05, 0.1) is 13.2 Å². The zero-order valence-corrected chi connectivity index (χ0v) is 11.8. The van der Waals surface area contributed by atoms with E-state index < -0.39 is 36.2 Å². The van der Waals surface area contributed by atoms with Crippen LogP contribution < -0.4 is 0 Å². The summed E-state index contributed by atoms with van der Waals surface area (Å²) in [4.78, 5) is 11.2. The van der Waals surface area contributed by atoms with E-state index in [1.165, 1.54) is 19.3 Å². The summed E-state index contributed by atoms with van der Waals surface area (Å²) in [6.45, 7) is 1.57. The lowest BCUT2D eigenvalue weighted by molar-refractivity contribution is -0.346. The third kappa shape index (κ3) is 3.20. The molecular weight excluding hydrogens is 264 g/mol. The standard InChI is InChI=1S/C14H22O6/c1-9(15)13-12(17)10(5-6-11(16)18-2)19-14(20-13)7-3-4-8-14/h5-6,9-10,12-13,15,17H,3-4,7-8H2,1-2H3/b6-5-/t9-,10+,12-,13-/m1/s1. The van der Waals surface area contributed by atoms with Crippen LogP contribution in [0.2, 0.25) is 0 Å². The highest BCUT2D eigenvalue weighted by Gasteiger charge is 2.49. The van der Waals surface area contributed by atoms with Gasteiger partial charge >= 0.3 is 5.97 Å². The molecule has 0 bridgehead atoms. The predicted octanol–water partition coefficient (Wildman–Crippen LogP) is 0.512. The maximum absolute atomic E-state index is 11.2. The van der Waals surface area contributed by atoms with E-state index in [2.05, 4.69) is 4.74 Å². The van der Waals surface area contributed by atoms with E-state index >= 15 is 0 Å². The van der Waals surface area contributed by atoms with Gasteiger partial charge in [0.15, 0.2) is 5.79 Å². The number of aliphatic hydroxyl groups excluding tert-OH is 2. The van der Waals surface area contributed by atoms with Gasteiger partial charge in [-0.05, 0) is 25.8 Å². The van der Waals surface area contributed by atoms with Crippen molar-refractivity contribution < 1.29 is 29.2 Å². The van der Waals surface area contributed by atoms with Gasteiger partial charge in [-0.1, -0.05) is 0 Å². The summed E-state index contributed by atoms with van der Waals surface area (Å²) in [5.74, 6) is -1.27. The smallest absolute Gasteiger partial charge is 0.330 e. The number of ether oxygens (including phenoxy) is 3. The van der Waals surface area contributed by atoms with Crippen molar-refractivity contribution in [3.63, 3.8) is 0 Å². The molecule has 0 radical (unpaired) electrons. The fraction of sp³-hybridized carbons (Fsp3) is 0.786. The van der Waals surface area contributed by atoms with E-state index in [4.69, 9.17) is 9.47 Å². The first kappa shape index (κ1) is 15.4. The van der Waals surface area contributed by atoms with Crippen molar-refractivity contribution in [2.75, 3.05) is 7.11 Å². The molecule has 0 amide bonds. The number of rotatable bonds is 3. The molecule has 2 rings (SSSR count). The van der Waals surface area contributed by atoms with E-state index in [1.807, 2.05) is 0 Å². The molecule has 2 fully saturated rings. The van der Waals surface area contributed by atoms with E-state index in [-0.39, 0.29) is 0 Å². The minimum absolute atomic E-state index is 0.513. The Kier molecular flexibility index (Phi) is 4.80. The maximum atomic E-state index is 11.2. The summed E-state index contributed by atoms with van der Waals surface area (Å²) in [5.41, 5.74) is 0. The molecule has 1 saturated heterocycles. The van der Waals surface area contributed by atoms with Crippen LogP contribution in [-0.4, -0.2) is 53.5 Å². The Balaban J connectivity index is 2.16. The van der Waals surface area contributed by atoms with Crippen LogP contribution in [-0.2, 0) is 19.0 Å². The van der Waals surface area contributed by atoms with Crippen LogP contribution in [0.15, 0.2) is 12.2 Å². The van der Waals surface area contributed by atoms with Crippen molar-refractivity contribution in [2.45, 2.75) is 62.8 Å². The number of carbonyl (C=O) groups is 1. The summed E-state index contributed by atoms with van der Waals surface area (Å²) in [7, 11) is 1.28. The lowest BCUT2D eigenvalue weighted by Crippen LogP contribution is -2.58. The molecule has 1 heterocycles. The second kappa shape index (κ2) is 6.22. The number of aliphatic hydroxyl groups is 2. The van der Waals surface area contributed by atoms with Gasteiger partial charge in [0, 0.05) is 18.9 Å². The number of esters is 1. The SMILES string of the molecule is COC(=O)/C=C\[C@@H]1OC2(CCCC2)O[C@H]([C@@H](C)O)[C@@H]1O. The van der Waals surface area contributed by atoms with Crippen molar-refractivity contribution in [3.05, 3.63) is 12.2 Å². The second-order valence-electron chi connectivity index (χ2n) is 5.40. The quantitative estimate of drug-likeness (QED) is 0.581. The molecule has 1 aliphatic heterocycles. The molecular formula is C14H22O6. The molecule has 2 N–H and O–H groups in total. The highest BCUT2D eigenvalue weighted by atomic mass is 16.7. The van der Waals surface area contributed by atoms with Crippen LogP contribution in [0, 0.1) is 0 Å². The Labute approximate surface area is 118 Å². The molecule has 1 aliphatic carbocycles. The normalized spacial score (nSPS) is 34.5. The highest BCUT2D eigenvalue weighted by molar-refractivity contribution is 5.81. The zero-order chi connectivity index (χ0) is 14.8. The molecule has 0 aromatic heterocycles. The van der Waals surface area contributed by atoms with E-state index in [9.17, 15) is 15.0 Å². The average molecular weight is 286 g/mol. The van der Waals surface area contributed by atoms with Crippen molar-refractivity contribution in [2.24, 2.45) is 0 Å². The molecule has 6 heteroatoms. The van der Waals surface area contributed by atoms with Crippen molar-refractivity contribution in [1.82, 2.24) is 0 Å². The zero-order valence-electron chi connectivity index (χ0n) is 11.8. The Morgan fingerprint density at radius 2 is 2.05 bits per heavy atom. The maximum Gasteiger partial charge on any atom is 0.330 e. The molecule has 20 heavy (non-hydrogen) atoms. The molecule has 0 aromatic carbocycles. The molecule has 0 aromatic rings. The first-order chi connectivity index (χ1) is 9.47. The van der Waals surface area contributed by atoms with Crippen LogP contribution in [0.4, 0.5) is 0 Å². The number of hydrogen-bond acceptors (Lipinski definition) is 6. The number of carbonyl (C=O) groups excluding carboxylic acids is 1. The topological polar surface area (TPSA) is 85.2 Å². The molecule has 2 aliphatic rings. The molecule has 1 spiro atoms. The number of methoxy groups -OCH3 is 1. The van der Waals surface area contributed by atoms with Crippen LogP contribution in [0.25, 0.3) is 0 Å². The van der Waals surface area contributed by atoms with Gasteiger partial charge < -0.3 is 24.4 Å². The predicted molar refractivity (Wildman–Crippen MR) is 69.8 cm³/mol. The van der Waals surface area contributed by atoms with Gasteiger partial charge in [0.2, 0.25) is 0 Å². The molecule has 0 unspecified atom stereocenters. The summed E-state index contributed by atoms with van der Waals surface area (Å²) in [6, 6.07) is 0. The summed E-state index contributed by atoms with van der Waals surface area (Å²) in [6.07, 6.45) is 2.84. The first-order valence-corrected chi connectivity index (χ1v) is 6.95. The van der Waals surface area contributed by atoms with E-state index in [0.717, 1.165) is 25.7 Å². The van der Waals surface area contributed by atoms with Crippen LogP contribution >= 0.6 is 0 Å². The summed E-state index contributed by atoms with van der Waals surface area (Å²) >= 11 is 0. The van der Waals surface area contributed by atoms with Crippen molar-refractivity contribution in [1.29, 1.82) is 0 Å². The average Bonchev–Trinajstić information content (AvgIpc) is 2.87. The fourth-order valence-electron chi connectivity index (χ4n) is 2.78. The Morgan fingerprint density at radius 1 is 1.40 bits per heavy atom. The van der Waals surface area contributed by atoms with Crippen LogP contribution in [0.1, 0.15) is 32.6 Å². The second-order valence-corrected chi connectivity index (χ2v) is 5.40. The highest BCUT2D eigenvalue weighted by Crippen LogP contribution is 2.41. The third-order valence-electron chi connectivity index (χ3n) is 3.84. The Bertz CT molecular complexity index is 372. The number of hydrogen-bond donors (Lipinski definition) is 2. The van der Waals surface area contributed by atoms with Gasteiger partial charge in [-0.25, -0.2) is 4.79 Å². The minimum Gasteiger partial charge on any atom is -0.466 e. The largest absolute Gasteiger partial charge is 0.466 e. The first-order valence-electron chi connectivity index (χ1n) is 6.95. The van der Waals surface area contributed by atoms with E-state index in [0.29, 0.717) is 0 Å². The Hall–Kier alpha value is -0.950. The van der Waals surface area contributed by atoms with Gasteiger partial charge in [-0.2, -0.15) is 0 Å². The minimum atomic E-state index is -1.03. The van der Waals surface area contributed by atoms with Crippen LogP contribution in [0.3, 0.4) is 0 Å².